The molecule has 34 heavy (non-hydrogen) atoms. The van der Waals surface area contributed by atoms with Crippen LogP contribution in [0.15, 0.2) is 109 Å². The van der Waals surface area contributed by atoms with Gasteiger partial charge in [0, 0.05) is 27.4 Å². The van der Waals surface area contributed by atoms with Gasteiger partial charge in [0.25, 0.3) is 0 Å². The van der Waals surface area contributed by atoms with Crippen molar-refractivity contribution in [1.82, 2.24) is 14.5 Å². The number of rotatable bonds is 2. The van der Waals surface area contributed by atoms with E-state index in [1.54, 1.807) is 0 Å². The third kappa shape index (κ3) is 2.77. The molecule has 160 valence electrons. The van der Waals surface area contributed by atoms with E-state index < -0.39 is 0 Å². The highest BCUT2D eigenvalue weighted by Gasteiger charge is 2.16. The van der Waals surface area contributed by atoms with Gasteiger partial charge in [0.05, 0.1) is 22.2 Å². The van der Waals surface area contributed by atoms with Gasteiger partial charge in [0.2, 0.25) is 0 Å². The number of aromatic nitrogens is 3. The number of hydrogen-bond acceptors (Lipinski definition) is 2. The summed E-state index contributed by atoms with van der Waals surface area (Å²) in [6.45, 7) is 1.97. The first-order valence-electron chi connectivity index (χ1n) is 11.5. The second-order valence-electron chi connectivity index (χ2n) is 8.72. The Labute approximate surface area is 196 Å². The normalized spacial score (nSPS) is 11.7. The van der Waals surface area contributed by atoms with Crippen LogP contribution >= 0.6 is 0 Å². The summed E-state index contributed by atoms with van der Waals surface area (Å²) in [6.07, 6.45) is 0. The third-order valence-electron chi connectivity index (χ3n) is 6.66. The van der Waals surface area contributed by atoms with Gasteiger partial charge < -0.3 is 4.57 Å². The van der Waals surface area contributed by atoms with Crippen molar-refractivity contribution in [3.05, 3.63) is 115 Å². The molecule has 0 atom stereocenters. The summed E-state index contributed by atoms with van der Waals surface area (Å²) in [5, 5.41) is 5.97. The van der Waals surface area contributed by atoms with Crippen LogP contribution in [0.2, 0.25) is 0 Å². The number of hydrogen-bond donors (Lipinski definition) is 0. The van der Waals surface area contributed by atoms with Crippen LogP contribution in [0.3, 0.4) is 0 Å². The highest BCUT2D eigenvalue weighted by Crippen LogP contribution is 2.37. The molecule has 0 amide bonds. The molecule has 0 spiro atoms. The molecule has 2 heterocycles. The molecule has 0 N–H and O–H groups in total. The zero-order chi connectivity index (χ0) is 22.6. The lowest BCUT2D eigenvalue weighted by Crippen LogP contribution is -1.96. The molecule has 0 aliphatic heterocycles. The summed E-state index contributed by atoms with van der Waals surface area (Å²) in [5.41, 5.74) is 6.58. The quantitative estimate of drug-likeness (QED) is 0.259. The molecule has 0 fully saturated rings. The summed E-state index contributed by atoms with van der Waals surface area (Å²) in [5.74, 6) is 0.779. The molecule has 0 aliphatic rings. The lowest BCUT2D eigenvalue weighted by atomic mass is 9.99. The zero-order valence-corrected chi connectivity index (χ0v) is 18.7. The fourth-order valence-corrected chi connectivity index (χ4v) is 5.20. The van der Waals surface area contributed by atoms with Crippen molar-refractivity contribution in [2.45, 2.75) is 6.92 Å². The van der Waals surface area contributed by atoms with Gasteiger partial charge in [-0.15, -0.1) is 0 Å². The van der Waals surface area contributed by atoms with Gasteiger partial charge in [0.15, 0.2) is 0 Å². The standard InChI is InChI=1S/C31H21N3/c1-20-32-27-18-16-21-9-5-6-12-24(21)30(27)31(33-20)22-15-17-26-25-13-7-8-14-28(25)34(29(26)19-22)23-10-3-2-4-11-23/h2-19H,1H3. The van der Waals surface area contributed by atoms with E-state index in [0.29, 0.717) is 0 Å². The molecule has 3 heteroatoms. The van der Waals surface area contributed by atoms with Gasteiger partial charge >= 0.3 is 0 Å². The van der Waals surface area contributed by atoms with Crippen LogP contribution in [-0.2, 0) is 0 Å². The van der Waals surface area contributed by atoms with Crippen molar-refractivity contribution >= 4 is 43.5 Å². The Hall–Kier alpha value is -4.50. The highest BCUT2D eigenvalue weighted by atomic mass is 15.0. The molecule has 3 nitrogen and oxygen atoms in total. The Morgan fingerprint density at radius 3 is 2.21 bits per heavy atom. The smallest absolute Gasteiger partial charge is 0.126 e. The van der Waals surface area contributed by atoms with Gasteiger partial charge in [-0.2, -0.15) is 0 Å². The van der Waals surface area contributed by atoms with E-state index in [-0.39, 0.29) is 0 Å². The summed E-state index contributed by atoms with van der Waals surface area (Å²) in [7, 11) is 0. The van der Waals surface area contributed by atoms with Crippen molar-refractivity contribution in [1.29, 1.82) is 0 Å². The first kappa shape index (κ1) is 19.0. The molecule has 7 rings (SSSR count). The summed E-state index contributed by atoms with van der Waals surface area (Å²) >= 11 is 0. The molecule has 7 aromatic rings. The van der Waals surface area contributed by atoms with Gasteiger partial charge in [-0.1, -0.05) is 78.9 Å². The van der Waals surface area contributed by atoms with Gasteiger partial charge in [-0.25, -0.2) is 9.97 Å². The molecule has 2 aromatic heterocycles. The first-order chi connectivity index (χ1) is 16.8. The Bertz CT molecular complexity index is 1860. The molecule has 0 saturated heterocycles. The minimum absolute atomic E-state index is 0.779. The lowest BCUT2D eigenvalue weighted by molar-refractivity contribution is 1.10. The second-order valence-corrected chi connectivity index (χ2v) is 8.72. The Morgan fingerprint density at radius 1 is 0.588 bits per heavy atom. The van der Waals surface area contributed by atoms with Crippen LogP contribution in [-0.4, -0.2) is 14.5 Å². The van der Waals surface area contributed by atoms with E-state index in [0.717, 1.165) is 33.7 Å². The van der Waals surface area contributed by atoms with Crippen LogP contribution in [0.25, 0.3) is 60.4 Å². The predicted molar refractivity (Wildman–Crippen MR) is 142 cm³/mol. The predicted octanol–water partition coefficient (Wildman–Crippen LogP) is 7.86. The highest BCUT2D eigenvalue weighted by molar-refractivity contribution is 6.14. The van der Waals surface area contributed by atoms with Crippen molar-refractivity contribution in [2.24, 2.45) is 0 Å². The summed E-state index contributed by atoms with van der Waals surface area (Å²) in [6, 6.07) is 38.6. The van der Waals surface area contributed by atoms with Crippen molar-refractivity contribution < 1.29 is 0 Å². The van der Waals surface area contributed by atoms with Crippen LogP contribution in [0, 0.1) is 6.92 Å². The molecule has 0 radical (unpaired) electrons. The summed E-state index contributed by atoms with van der Waals surface area (Å²) < 4.78 is 2.35. The molecular weight excluding hydrogens is 414 g/mol. The third-order valence-corrected chi connectivity index (χ3v) is 6.66. The molecule has 0 unspecified atom stereocenters. The molecule has 0 bridgehead atoms. The average molecular weight is 436 g/mol. The van der Waals surface area contributed by atoms with Crippen molar-refractivity contribution in [2.75, 3.05) is 0 Å². The number of aryl methyl sites for hydroxylation is 1. The molecule has 0 aliphatic carbocycles. The van der Waals surface area contributed by atoms with Crippen LogP contribution in [0.1, 0.15) is 5.82 Å². The fraction of sp³-hybridized carbons (Fsp3) is 0.0323. The van der Waals surface area contributed by atoms with E-state index in [9.17, 15) is 0 Å². The van der Waals surface area contributed by atoms with E-state index >= 15 is 0 Å². The van der Waals surface area contributed by atoms with Crippen molar-refractivity contribution in [3.63, 3.8) is 0 Å². The second kappa shape index (κ2) is 7.26. The molecular formula is C31H21N3. The van der Waals surface area contributed by atoms with E-state index in [2.05, 4.69) is 114 Å². The maximum atomic E-state index is 4.96. The maximum absolute atomic E-state index is 4.96. The van der Waals surface area contributed by atoms with E-state index in [1.807, 2.05) is 6.92 Å². The zero-order valence-electron chi connectivity index (χ0n) is 18.7. The van der Waals surface area contributed by atoms with Crippen LogP contribution < -0.4 is 0 Å². The van der Waals surface area contributed by atoms with Crippen LogP contribution in [0.5, 0.6) is 0 Å². The number of para-hydroxylation sites is 2. The van der Waals surface area contributed by atoms with E-state index in [1.165, 1.54) is 32.6 Å². The number of nitrogens with zero attached hydrogens (tertiary/aromatic N) is 3. The number of fused-ring (bicyclic) bond motifs is 6. The maximum Gasteiger partial charge on any atom is 0.126 e. The van der Waals surface area contributed by atoms with Gasteiger partial charge in [0.1, 0.15) is 5.82 Å². The van der Waals surface area contributed by atoms with Gasteiger partial charge in [-0.3, -0.25) is 0 Å². The Kier molecular flexibility index (Phi) is 4.06. The molecule has 5 aromatic carbocycles. The van der Waals surface area contributed by atoms with Crippen molar-refractivity contribution in [3.8, 4) is 16.9 Å². The van der Waals surface area contributed by atoms with Crippen LogP contribution in [0.4, 0.5) is 0 Å². The topological polar surface area (TPSA) is 30.7 Å². The molecule has 0 saturated carbocycles. The minimum Gasteiger partial charge on any atom is -0.309 e. The monoisotopic (exact) mass is 435 g/mol. The lowest BCUT2D eigenvalue weighted by Gasteiger charge is -2.12. The van der Waals surface area contributed by atoms with E-state index in [4.69, 9.17) is 9.97 Å². The SMILES string of the molecule is Cc1nc(-c2ccc3c4ccccc4n(-c4ccccc4)c3c2)c2c(ccc3ccccc32)n1. The Morgan fingerprint density at radius 2 is 1.32 bits per heavy atom. The average Bonchev–Trinajstić information content (AvgIpc) is 3.22. The Balaban J connectivity index is 1.60. The number of benzene rings is 5. The first-order valence-corrected chi connectivity index (χ1v) is 11.5. The van der Waals surface area contributed by atoms with Gasteiger partial charge in [-0.05, 0) is 48.0 Å². The fourth-order valence-electron chi connectivity index (χ4n) is 5.20. The largest absolute Gasteiger partial charge is 0.309 e. The summed E-state index contributed by atoms with van der Waals surface area (Å²) in [4.78, 5) is 9.72. The minimum atomic E-state index is 0.779.